The molecule has 3 nitrogen and oxygen atoms in total. The maximum Gasteiger partial charge on any atom is 0.330 e. The topological polar surface area (TPSA) is 49.7 Å². The van der Waals surface area contributed by atoms with Gasteiger partial charge in [0.1, 0.15) is 0 Å². The minimum atomic E-state index is -0.964. The van der Waals surface area contributed by atoms with Gasteiger partial charge in [-0.1, -0.05) is 0 Å². The standard InChI is InChI=1S/C6H11NO2/c1-4-7-6(2,3)5(8)9/h4H,1-3H3,(H,8,9). The van der Waals surface area contributed by atoms with Crippen molar-refractivity contribution < 1.29 is 9.90 Å². The fourth-order valence-corrected chi connectivity index (χ4v) is 0.378. The molecule has 0 saturated heterocycles. The van der Waals surface area contributed by atoms with Crippen molar-refractivity contribution in [1.82, 2.24) is 0 Å². The van der Waals surface area contributed by atoms with Crippen molar-refractivity contribution in [3.63, 3.8) is 0 Å². The molecule has 0 aromatic rings. The first-order chi connectivity index (χ1) is 4.00. The second-order valence-electron chi connectivity index (χ2n) is 2.25. The van der Waals surface area contributed by atoms with Gasteiger partial charge in [-0.2, -0.15) is 0 Å². The Hall–Kier alpha value is -0.860. The van der Waals surface area contributed by atoms with Crippen LogP contribution in [-0.2, 0) is 4.79 Å². The molecule has 0 unspecified atom stereocenters. The number of hydrogen-bond donors (Lipinski definition) is 1. The maximum atomic E-state index is 10.3. The lowest BCUT2D eigenvalue weighted by atomic mass is 10.1. The molecule has 0 aromatic carbocycles. The molecule has 0 heterocycles. The van der Waals surface area contributed by atoms with E-state index in [2.05, 4.69) is 4.99 Å². The van der Waals surface area contributed by atoms with E-state index in [9.17, 15) is 4.79 Å². The summed E-state index contributed by atoms with van der Waals surface area (Å²) in [5.41, 5.74) is -0.964. The Labute approximate surface area is 54.4 Å². The molecule has 0 saturated carbocycles. The normalized spacial score (nSPS) is 12.3. The van der Waals surface area contributed by atoms with Gasteiger partial charge < -0.3 is 5.11 Å². The Kier molecular flexibility index (Phi) is 2.37. The lowest BCUT2D eigenvalue weighted by Crippen LogP contribution is -2.28. The average Bonchev–Trinajstić information content (AvgIpc) is 1.65. The van der Waals surface area contributed by atoms with Gasteiger partial charge in [-0.25, -0.2) is 4.79 Å². The third kappa shape index (κ3) is 2.26. The highest BCUT2D eigenvalue weighted by Gasteiger charge is 2.24. The highest BCUT2D eigenvalue weighted by molar-refractivity contribution is 5.79. The van der Waals surface area contributed by atoms with Crippen LogP contribution < -0.4 is 0 Å². The number of aliphatic carboxylic acids is 1. The van der Waals surface area contributed by atoms with Crippen LogP contribution in [0.4, 0.5) is 0 Å². The van der Waals surface area contributed by atoms with Gasteiger partial charge in [0.05, 0.1) is 0 Å². The molecule has 0 atom stereocenters. The number of rotatable bonds is 2. The monoisotopic (exact) mass is 129 g/mol. The van der Waals surface area contributed by atoms with Crippen LogP contribution in [0, 0.1) is 0 Å². The van der Waals surface area contributed by atoms with Crippen LogP contribution in [0.3, 0.4) is 0 Å². The molecule has 0 aliphatic heterocycles. The second-order valence-corrected chi connectivity index (χ2v) is 2.25. The first-order valence-electron chi connectivity index (χ1n) is 2.74. The number of hydrogen-bond acceptors (Lipinski definition) is 2. The third-order valence-electron chi connectivity index (χ3n) is 0.975. The van der Waals surface area contributed by atoms with E-state index < -0.39 is 11.5 Å². The molecule has 0 aromatic heterocycles. The molecule has 0 rings (SSSR count). The molecule has 52 valence electrons. The lowest BCUT2D eigenvalue weighted by molar-refractivity contribution is -0.141. The van der Waals surface area contributed by atoms with Crippen LogP contribution in [0.15, 0.2) is 4.99 Å². The molecule has 3 heteroatoms. The highest BCUT2D eigenvalue weighted by Crippen LogP contribution is 2.06. The Bertz CT molecular complexity index is 138. The van der Waals surface area contributed by atoms with Gasteiger partial charge >= 0.3 is 5.97 Å². The number of carbonyl (C=O) groups is 1. The second kappa shape index (κ2) is 2.62. The van der Waals surface area contributed by atoms with Crippen molar-refractivity contribution >= 4 is 12.2 Å². The van der Waals surface area contributed by atoms with E-state index >= 15 is 0 Å². The van der Waals surface area contributed by atoms with Crippen LogP contribution in [0.2, 0.25) is 0 Å². The Morgan fingerprint density at radius 2 is 2.11 bits per heavy atom. The molecule has 0 amide bonds. The van der Waals surface area contributed by atoms with E-state index in [0.717, 1.165) is 0 Å². The van der Waals surface area contributed by atoms with E-state index in [4.69, 9.17) is 5.11 Å². The Balaban J connectivity index is 4.19. The first kappa shape index (κ1) is 8.14. The summed E-state index contributed by atoms with van der Waals surface area (Å²) in [6, 6.07) is 0. The summed E-state index contributed by atoms with van der Waals surface area (Å²) in [6.45, 7) is 4.80. The quantitative estimate of drug-likeness (QED) is 0.564. The predicted octanol–water partition coefficient (Wildman–Crippen LogP) is 0.940. The first-order valence-corrected chi connectivity index (χ1v) is 2.74. The van der Waals surface area contributed by atoms with Gasteiger partial charge in [-0.15, -0.1) is 0 Å². The smallest absolute Gasteiger partial charge is 0.330 e. The summed E-state index contributed by atoms with van der Waals surface area (Å²) in [5, 5.41) is 8.46. The van der Waals surface area contributed by atoms with E-state index in [1.165, 1.54) is 6.21 Å². The fourth-order valence-electron chi connectivity index (χ4n) is 0.378. The highest BCUT2D eigenvalue weighted by atomic mass is 16.4. The molecule has 0 bridgehead atoms. The molecule has 0 radical (unpaired) electrons. The van der Waals surface area contributed by atoms with E-state index in [1.54, 1.807) is 20.8 Å². The number of carboxylic acids is 1. The van der Waals surface area contributed by atoms with Crippen molar-refractivity contribution in [2.45, 2.75) is 26.3 Å². The number of nitrogens with zero attached hydrogens (tertiary/aromatic N) is 1. The minimum absolute atomic E-state index is 0.902. The summed E-state index contributed by atoms with van der Waals surface area (Å²) < 4.78 is 0. The molecule has 0 aliphatic rings. The van der Waals surface area contributed by atoms with Crippen molar-refractivity contribution in [2.75, 3.05) is 0 Å². The minimum Gasteiger partial charge on any atom is -0.479 e. The van der Waals surface area contributed by atoms with Crippen LogP contribution in [0.25, 0.3) is 0 Å². The van der Waals surface area contributed by atoms with E-state index in [1.807, 2.05) is 0 Å². The van der Waals surface area contributed by atoms with Crippen LogP contribution in [0.5, 0.6) is 0 Å². The third-order valence-corrected chi connectivity index (χ3v) is 0.975. The summed E-state index contributed by atoms with van der Waals surface area (Å²) in [7, 11) is 0. The zero-order valence-electron chi connectivity index (χ0n) is 5.88. The Morgan fingerprint density at radius 3 is 2.22 bits per heavy atom. The van der Waals surface area contributed by atoms with Gasteiger partial charge in [-0.05, 0) is 27.0 Å². The number of aliphatic imine (C=N–C) groups is 1. The average molecular weight is 129 g/mol. The van der Waals surface area contributed by atoms with Gasteiger partial charge in [0.25, 0.3) is 0 Å². The lowest BCUT2D eigenvalue weighted by Gasteiger charge is -2.11. The van der Waals surface area contributed by atoms with Crippen molar-refractivity contribution in [3.8, 4) is 0 Å². The SMILES string of the molecule is CC=NC(C)(C)C(=O)O. The maximum absolute atomic E-state index is 10.3. The summed E-state index contributed by atoms with van der Waals surface area (Å²) in [6.07, 6.45) is 1.49. The van der Waals surface area contributed by atoms with Crippen molar-refractivity contribution in [3.05, 3.63) is 0 Å². The van der Waals surface area contributed by atoms with Gasteiger partial charge in [0.2, 0.25) is 0 Å². The molecule has 1 N–H and O–H groups in total. The number of carboxylic acid groups (broad SMARTS) is 1. The van der Waals surface area contributed by atoms with Gasteiger partial charge in [0.15, 0.2) is 5.54 Å². The van der Waals surface area contributed by atoms with Gasteiger partial charge in [-0.3, -0.25) is 4.99 Å². The summed E-state index contributed by atoms with van der Waals surface area (Å²) >= 11 is 0. The Morgan fingerprint density at radius 1 is 1.67 bits per heavy atom. The zero-order valence-corrected chi connectivity index (χ0v) is 5.88. The molecule has 0 fully saturated rings. The largest absolute Gasteiger partial charge is 0.479 e. The van der Waals surface area contributed by atoms with E-state index in [-0.39, 0.29) is 0 Å². The van der Waals surface area contributed by atoms with Crippen LogP contribution >= 0.6 is 0 Å². The van der Waals surface area contributed by atoms with Crippen molar-refractivity contribution in [1.29, 1.82) is 0 Å². The van der Waals surface area contributed by atoms with Crippen LogP contribution in [-0.4, -0.2) is 22.8 Å². The van der Waals surface area contributed by atoms with Crippen LogP contribution in [0.1, 0.15) is 20.8 Å². The molecular weight excluding hydrogens is 118 g/mol. The molecule has 0 spiro atoms. The van der Waals surface area contributed by atoms with Gasteiger partial charge in [0, 0.05) is 0 Å². The molecule has 0 aliphatic carbocycles. The summed E-state index contributed by atoms with van der Waals surface area (Å²) in [4.78, 5) is 14.0. The summed E-state index contributed by atoms with van der Waals surface area (Å²) in [5.74, 6) is -0.902. The molecule has 9 heavy (non-hydrogen) atoms. The predicted molar refractivity (Wildman–Crippen MR) is 35.9 cm³/mol. The van der Waals surface area contributed by atoms with Crippen molar-refractivity contribution in [2.24, 2.45) is 4.99 Å². The zero-order chi connectivity index (χ0) is 7.49. The fraction of sp³-hybridized carbons (Fsp3) is 0.667. The molecular formula is C6H11NO2. The van der Waals surface area contributed by atoms with E-state index in [0.29, 0.717) is 0 Å².